The van der Waals surface area contributed by atoms with Crippen molar-refractivity contribution >= 4 is 5.88 Å². The lowest BCUT2D eigenvalue weighted by Crippen LogP contribution is -2.46. The molecule has 0 amide bonds. The van der Waals surface area contributed by atoms with Gasteiger partial charge >= 0.3 is 0 Å². The minimum absolute atomic E-state index is 0.526. The number of benzene rings is 1. The van der Waals surface area contributed by atoms with Gasteiger partial charge in [0.25, 0.3) is 0 Å². The minimum atomic E-state index is -0.526. The lowest BCUT2D eigenvalue weighted by Gasteiger charge is -2.32. The molecule has 0 bridgehead atoms. The third kappa shape index (κ3) is 1.50. The van der Waals surface area contributed by atoms with Crippen molar-refractivity contribution < 1.29 is 4.42 Å². The summed E-state index contributed by atoms with van der Waals surface area (Å²) in [6.45, 7) is 0. The van der Waals surface area contributed by atoms with E-state index in [1.54, 1.807) is 6.26 Å². The molecule has 3 rings (SSSR count). The van der Waals surface area contributed by atoms with Crippen LogP contribution in [-0.2, 0) is 12.8 Å². The summed E-state index contributed by atoms with van der Waals surface area (Å²) < 4.78 is 5.41. The molecule has 1 aliphatic carbocycles. The fourth-order valence-corrected chi connectivity index (χ4v) is 2.66. The zero-order valence-corrected chi connectivity index (χ0v) is 10.3. The van der Waals surface area contributed by atoms with E-state index in [2.05, 4.69) is 18.2 Å². The van der Waals surface area contributed by atoms with Crippen LogP contribution in [0.15, 0.2) is 47.1 Å². The lowest BCUT2D eigenvalue weighted by atomic mass is 9.96. The maximum atomic E-state index is 9.62. The van der Waals surface area contributed by atoms with Crippen molar-refractivity contribution in [3.8, 4) is 6.07 Å². The van der Waals surface area contributed by atoms with E-state index in [0.717, 1.165) is 18.7 Å². The molecule has 3 nitrogen and oxygen atoms in total. The first-order chi connectivity index (χ1) is 8.75. The van der Waals surface area contributed by atoms with Crippen molar-refractivity contribution in [1.82, 2.24) is 0 Å². The molecule has 3 heteroatoms. The molecule has 0 fully saturated rings. The van der Waals surface area contributed by atoms with Gasteiger partial charge in [-0.2, -0.15) is 5.26 Å². The molecule has 1 aromatic heterocycles. The fourth-order valence-electron chi connectivity index (χ4n) is 2.66. The second kappa shape index (κ2) is 3.92. The predicted octanol–water partition coefficient (Wildman–Crippen LogP) is 2.78. The van der Waals surface area contributed by atoms with E-state index in [1.807, 2.05) is 36.2 Å². The van der Waals surface area contributed by atoms with Gasteiger partial charge in [-0.1, -0.05) is 24.3 Å². The monoisotopic (exact) mass is 238 g/mol. The van der Waals surface area contributed by atoms with Gasteiger partial charge in [0.15, 0.2) is 5.88 Å². The molecular weight excluding hydrogens is 224 g/mol. The number of hydrogen-bond acceptors (Lipinski definition) is 3. The highest BCUT2D eigenvalue weighted by Gasteiger charge is 2.42. The molecule has 1 aromatic carbocycles. The first-order valence-corrected chi connectivity index (χ1v) is 6.00. The van der Waals surface area contributed by atoms with Gasteiger partial charge in [-0.3, -0.25) is 0 Å². The van der Waals surface area contributed by atoms with Crippen molar-refractivity contribution in [2.75, 3.05) is 11.9 Å². The molecule has 18 heavy (non-hydrogen) atoms. The van der Waals surface area contributed by atoms with Crippen LogP contribution in [0.3, 0.4) is 0 Å². The van der Waals surface area contributed by atoms with Crippen molar-refractivity contribution in [2.24, 2.45) is 0 Å². The maximum Gasteiger partial charge on any atom is 0.196 e. The lowest BCUT2D eigenvalue weighted by molar-refractivity contribution is 0.474. The Labute approximate surface area is 106 Å². The zero-order chi connectivity index (χ0) is 12.6. The first-order valence-electron chi connectivity index (χ1n) is 6.00. The highest BCUT2D eigenvalue weighted by Crippen LogP contribution is 2.36. The standard InChI is InChI=1S/C15H14N2O/c1-17(14-7-4-8-18-14)15(11-16)9-12-5-2-3-6-13(12)10-15/h2-8H,9-10H2,1H3. The topological polar surface area (TPSA) is 40.2 Å². The van der Waals surface area contributed by atoms with Crippen molar-refractivity contribution in [3.63, 3.8) is 0 Å². The average molecular weight is 238 g/mol. The van der Waals surface area contributed by atoms with Gasteiger partial charge in [0.1, 0.15) is 5.54 Å². The van der Waals surface area contributed by atoms with Crippen LogP contribution in [0.2, 0.25) is 0 Å². The fraction of sp³-hybridized carbons (Fsp3) is 0.267. The van der Waals surface area contributed by atoms with Gasteiger partial charge in [0.05, 0.1) is 12.3 Å². The molecule has 0 unspecified atom stereocenters. The van der Waals surface area contributed by atoms with Crippen LogP contribution >= 0.6 is 0 Å². The average Bonchev–Trinajstić information content (AvgIpc) is 3.05. The zero-order valence-electron chi connectivity index (χ0n) is 10.3. The van der Waals surface area contributed by atoms with Crippen LogP contribution in [0.1, 0.15) is 11.1 Å². The van der Waals surface area contributed by atoms with Crippen LogP contribution in [0, 0.1) is 11.3 Å². The minimum Gasteiger partial charge on any atom is -0.449 e. The summed E-state index contributed by atoms with van der Waals surface area (Å²) in [5.74, 6) is 0.740. The normalized spacial score (nSPS) is 16.0. The molecule has 0 saturated carbocycles. The van der Waals surface area contributed by atoms with Gasteiger partial charge in [-0.15, -0.1) is 0 Å². The van der Waals surface area contributed by atoms with Crippen molar-refractivity contribution in [3.05, 3.63) is 53.8 Å². The maximum absolute atomic E-state index is 9.62. The Balaban J connectivity index is 1.98. The summed E-state index contributed by atoms with van der Waals surface area (Å²) in [6, 6.07) is 14.5. The number of likely N-dealkylation sites (N-methyl/N-ethyl adjacent to an activating group) is 1. The van der Waals surface area contributed by atoms with Crippen LogP contribution in [0.25, 0.3) is 0 Å². The molecule has 0 saturated heterocycles. The second-order valence-electron chi connectivity index (χ2n) is 4.78. The highest BCUT2D eigenvalue weighted by molar-refractivity contribution is 5.50. The van der Waals surface area contributed by atoms with Crippen LogP contribution in [-0.4, -0.2) is 12.6 Å². The Morgan fingerprint density at radius 1 is 1.17 bits per heavy atom. The molecule has 1 heterocycles. The van der Waals surface area contributed by atoms with Gasteiger partial charge in [-0.05, 0) is 17.2 Å². The van der Waals surface area contributed by atoms with E-state index < -0.39 is 5.54 Å². The molecule has 0 radical (unpaired) electrons. The Bertz CT molecular complexity index is 570. The van der Waals surface area contributed by atoms with E-state index in [-0.39, 0.29) is 0 Å². The van der Waals surface area contributed by atoms with Gasteiger partial charge in [0.2, 0.25) is 0 Å². The molecule has 0 aliphatic heterocycles. The van der Waals surface area contributed by atoms with Crippen LogP contribution in [0.4, 0.5) is 5.88 Å². The SMILES string of the molecule is CN(c1ccco1)C1(C#N)Cc2ccccc2C1. The molecular formula is C15H14N2O. The van der Waals surface area contributed by atoms with E-state index in [1.165, 1.54) is 11.1 Å². The van der Waals surface area contributed by atoms with Crippen molar-refractivity contribution in [1.29, 1.82) is 5.26 Å². The summed E-state index contributed by atoms with van der Waals surface area (Å²) in [5.41, 5.74) is 2.00. The molecule has 1 aliphatic rings. The highest BCUT2D eigenvalue weighted by atomic mass is 16.3. The Hall–Kier alpha value is -2.21. The Morgan fingerprint density at radius 2 is 1.83 bits per heavy atom. The number of rotatable bonds is 2. The molecule has 90 valence electrons. The third-order valence-corrected chi connectivity index (χ3v) is 3.77. The number of fused-ring (bicyclic) bond motifs is 1. The van der Waals surface area contributed by atoms with E-state index in [0.29, 0.717) is 0 Å². The van der Waals surface area contributed by atoms with Gasteiger partial charge < -0.3 is 9.32 Å². The van der Waals surface area contributed by atoms with E-state index >= 15 is 0 Å². The van der Waals surface area contributed by atoms with Crippen LogP contribution < -0.4 is 4.90 Å². The van der Waals surface area contributed by atoms with Crippen LogP contribution in [0.5, 0.6) is 0 Å². The molecule has 0 spiro atoms. The number of furan rings is 1. The number of nitrogens with zero attached hydrogens (tertiary/aromatic N) is 2. The second-order valence-corrected chi connectivity index (χ2v) is 4.78. The largest absolute Gasteiger partial charge is 0.449 e. The summed E-state index contributed by atoms with van der Waals surface area (Å²) in [7, 11) is 1.92. The van der Waals surface area contributed by atoms with Gasteiger partial charge in [-0.25, -0.2) is 0 Å². The quantitative estimate of drug-likeness (QED) is 0.807. The molecule has 0 N–H and O–H groups in total. The smallest absolute Gasteiger partial charge is 0.196 e. The molecule has 2 aromatic rings. The summed E-state index contributed by atoms with van der Waals surface area (Å²) in [6.07, 6.45) is 3.13. The van der Waals surface area contributed by atoms with Gasteiger partial charge in [0, 0.05) is 26.0 Å². The molecule has 0 atom stereocenters. The Morgan fingerprint density at radius 3 is 2.33 bits per heavy atom. The third-order valence-electron chi connectivity index (χ3n) is 3.77. The number of anilines is 1. The Kier molecular flexibility index (Phi) is 2.38. The summed E-state index contributed by atoms with van der Waals surface area (Å²) in [4.78, 5) is 1.95. The van der Waals surface area contributed by atoms with E-state index in [4.69, 9.17) is 4.42 Å². The van der Waals surface area contributed by atoms with Crippen molar-refractivity contribution in [2.45, 2.75) is 18.4 Å². The summed E-state index contributed by atoms with van der Waals surface area (Å²) in [5, 5.41) is 9.62. The number of hydrogen-bond donors (Lipinski definition) is 0. The first kappa shape index (κ1) is 10.9. The number of nitriles is 1. The summed E-state index contributed by atoms with van der Waals surface area (Å²) >= 11 is 0. The predicted molar refractivity (Wildman–Crippen MR) is 69.3 cm³/mol. The van der Waals surface area contributed by atoms with E-state index in [9.17, 15) is 5.26 Å².